The topological polar surface area (TPSA) is 78.5 Å². The summed E-state index contributed by atoms with van der Waals surface area (Å²) in [4.78, 5) is 37.5. The van der Waals surface area contributed by atoms with Crippen molar-refractivity contribution >= 4 is 23.5 Å². The molecule has 0 spiro atoms. The fraction of sp³-hybridized carbons (Fsp3) is 0.471. The lowest BCUT2D eigenvalue weighted by atomic mass is 9.92. The number of amides is 4. The fourth-order valence-electron chi connectivity index (χ4n) is 2.51. The number of hydrogen-bond acceptors (Lipinski definition) is 3. The van der Waals surface area contributed by atoms with Crippen LogP contribution in [0, 0.1) is 11.7 Å². The van der Waals surface area contributed by atoms with E-state index in [0.717, 1.165) is 11.3 Å². The molecule has 2 N–H and O–H groups in total. The monoisotopic (exact) mass is 335 g/mol. The lowest BCUT2D eigenvalue weighted by molar-refractivity contribution is -0.133. The quantitative estimate of drug-likeness (QED) is 0.784. The summed E-state index contributed by atoms with van der Waals surface area (Å²) >= 11 is 0. The summed E-state index contributed by atoms with van der Waals surface area (Å²) in [6, 6.07) is 4.68. The van der Waals surface area contributed by atoms with E-state index in [2.05, 4.69) is 10.6 Å². The van der Waals surface area contributed by atoms with Crippen LogP contribution in [0.25, 0.3) is 0 Å². The maximum Gasteiger partial charge on any atom is 0.325 e. The number of carbonyl (C=O) groups excluding carboxylic acids is 3. The van der Waals surface area contributed by atoms with Gasteiger partial charge in [-0.2, -0.15) is 0 Å². The number of nitrogens with zero attached hydrogens (tertiary/aromatic N) is 1. The molecule has 7 heteroatoms. The van der Waals surface area contributed by atoms with Gasteiger partial charge in [-0.1, -0.05) is 13.8 Å². The highest BCUT2D eigenvalue weighted by molar-refractivity contribution is 6.09. The first kappa shape index (κ1) is 17.9. The number of imide groups is 1. The molecule has 1 aromatic carbocycles. The van der Waals surface area contributed by atoms with Gasteiger partial charge in [-0.05, 0) is 49.9 Å². The number of carbonyl (C=O) groups is 3. The van der Waals surface area contributed by atoms with Gasteiger partial charge < -0.3 is 10.6 Å². The maximum atomic E-state index is 12.9. The predicted octanol–water partition coefficient (Wildman–Crippen LogP) is 2.51. The Hall–Kier alpha value is -2.44. The first-order valence-corrected chi connectivity index (χ1v) is 7.91. The second kappa shape index (κ2) is 6.98. The molecule has 0 aliphatic carbocycles. The predicted molar refractivity (Wildman–Crippen MR) is 87.8 cm³/mol. The highest BCUT2D eigenvalue weighted by atomic mass is 19.1. The number of urea groups is 1. The van der Waals surface area contributed by atoms with Gasteiger partial charge in [0.15, 0.2) is 0 Å². The van der Waals surface area contributed by atoms with Crippen molar-refractivity contribution in [3.63, 3.8) is 0 Å². The molecule has 1 aliphatic rings. The zero-order valence-corrected chi connectivity index (χ0v) is 14.1. The Bertz CT molecular complexity index is 645. The van der Waals surface area contributed by atoms with E-state index in [1.807, 2.05) is 13.8 Å². The van der Waals surface area contributed by atoms with Crippen LogP contribution in [0.3, 0.4) is 0 Å². The minimum absolute atomic E-state index is 0.376. The van der Waals surface area contributed by atoms with Crippen molar-refractivity contribution in [1.29, 1.82) is 0 Å². The molecule has 1 heterocycles. The highest BCUT2D eigenvalue weighted by Gasteiger charge is 2.47. The SMILES string of the molecule is CC(C)CC[C@]1(C)NC(=O)N(CC(=O)Nc2ccc(F)cc2)C1=O. The average Bonchev–Trinajstić information content (AvgIpc) is 2.72. The van der Waals surface area contributed by atoms with Crippen molar-refractivity contribution in [2.75, 3.05) is 11.9 Å². The molecule has 6 nitrogen and oxygen atoms in total. The van der Waals surface area contributed by atoms with Crippen molar-refractivity contribution in [3.05, 3.63) is 30.1 Å². The van der Waals surface area contributed by atoms with Gasteiger partial charge in [0.1, 0.15) is 17.9 Å². The minimum atomic E-state index is -0.975. The van der Waals surface area contributed by atoms with E-state index in [1.165, 1.54) is 24.3 Å². The van der Waals surface area contributed by atoms with E-state index in [1.54, 1.807) is 6.92 Å². The van der Waals surface area contributed by atoms with Gasteiger partial charge >= 0.3 is 6.03 Å². The number of hydrogen-bond donors (Lipinski definition) is 2. The first-order valence-electron chi connectivity index (χ1n) is 7.91. The molecule has 1 aromatic rings. The van der Waals surface area contributed by atoms with Crippen molar-refractivity contribution in [1.82, 2.24) is 10.2 Å². The van der Waals surface area contributed by atoms with Gasteiger partial charge in [-0.3, -0.25) is 14.5 Å². The summed E-state index contributed by atoms with van der Waals surface area (Å²) < 4.78 is 12.9. The smallest absolute Gasteiger partial charge is 0.325 e. The summed E-state index contributed by atoms with van der Waals surface area (Å²) in [5, 5.41) is 5.21. The van der Waals surface area contributed by atoms with Crippen molar-refractivity contribution in [2.24, 2.45) is 5.92 Å². The molecule has 1 fully saturated rings. The van der Waals surface area contributed by atoms with Crippen molar-refractivity contribution in [3.8, 4) is 0 Å². The second-order valence-electron chi connectivity index (χ2n) is 6.64. The molecule has 24 heavy (non-hydrogen) atoms. The van der Waals surface area contributed by atoms with Crippen LogP contribution < -0.4 is 10.6 Å². The molecule has 130 valence electrons. The third-order valence-electron chi connectivity index (χ3n) is 4.00. The minimum Gasteiger partial charge on any atom is -0.325 e. The summed E-state index contributed by atoms with van der Waals surface area (Å²) in [6.45, 7) is 5.38. The Balaban J connectivity index is 1.98. The highest BCUT2D eigenvalue weighted by Crippen LogP contribution is 2.24. The van der Waals surface area contributed by atoms with Gasteiger partial charge in [0.25, 0.3) is 5.91 Å². The van der Waals surface area contributed by atoms with Crippen LogP contribution in [-0.2, 0) is 9.59 Å². The fourth-order valence-corrected chi connectivity index (χ4v) is 2.51. The molecule has 0 aromatic heterocycles. The summed E-state index contributed by atoms with van der Waals surface area (Å²) in [7, 11) is 0. The Morgan fingerprint density at radius 3 is 2.50 bits per heavy atom. The number of halogens is 1. The van der Waals surface area contributed by atoms with E-state index >= 15 is 0 Å². The molecule has 0 bridgehead atoms. The molecule has 1 aliphatic heterocycles. The Labute approximate surface area is 140 Å². The molecule has 1 saturated heterocycles. The van der Waals surface area contributed by atoms with E-state index in [4.69, 9.17) is 0 Å². The first-order chi connectivity index (χ1) is 11.2. The zero-order chi connectivity index (χ0) is 17.9. The number of anilines is 1. The van der Waals surface area contributed by atoms with Crippen LogP contribution in [0.5, 0.6) is 0 Å². The van der Waals surface area contributed by atoms with Crippen LogP contribution in [0.4, 0.5) is 14.9 Å². The molecular formula is C17H22FN3O3. The van der Waals surface area contributed by atoms with Gasteiger partial charge in [-0.15, -0.1) is 0 Å². The lowest BCUT2D eigenvalue weighted by Gasteiger charge is -2.22. The molecule has 0 unspecified atom stereocenters. The maximum absolute atomic E-state index is 12.9. The van der Waals surface area contributed by atoms with Crippen LogP contribution in [0.2, 0.25) is 0 Å². The second-order valence-corrected chi connectivity index (χ2v) is 6.64. The third-order valence-corrected chi connectivity index (χ3v) is 4.00. The van der Waals surface area contributed by atoms with Crippen LogP contribution in [0.1, 0.15) is 33.6 Å². The number of benzene rings is 1. The van der Waals surface area contributed by atoms with E-state index in [9.17, 15) is 18.8 Å². The molecule has 1 atom stereocenters. The summed E-state index contributed by atoms with van der Waals surface area (Å²) in [5.74, 6) is -0.925. The largest absolute Gasteiger partial charge is 0.325 e. The van der Waals surface area contributed by atoms with Crippen LogP contribution in [-0.4, -0.2) is 34.8 Å². The van der Waals surface area contributed by atoms with E-state index < -0.39 is 29.2 Å². The van der Waals surface area contributed by atoms with Gasteiger partial charge in [-0.25, -0.2) is 9.18 Å². The van der Waals surface area contributed by atoms with Crippen molar-refractivity contribution < 1.29 is 18.8 Å². The van der Waals surface area contributed by atoms with Crippen molar-refractivity contribution in [2.45, 2.75) is 39.2 Å². The normalized spacial score (nSPS) is 20.5. The number of rotatable bonds is 6. The van der Waals surface area contributed by atoms with Crippen LogP contribution in [0.15, 0.2) is 24.3 Å². The van der Waals surface area contributed by atoms with Crippen LogP contribution >= 0.6 is 0 Å². The zero-order valence-electron chi connectivity index (χ0n) is 14.1. The molecule has 0 radical (unpaired) electrons. The van der Waals surface area contributed by atoms with E-state index in [0.29, 0.717) is 18.0 Å². The molecule has 4 amide bonds. The Morgan fingerprint density at radius 2 is 1.92 bits per heavy atom. The molecular weight excluding hydrogens is 313 g/mol. The third kappa shape index (κ3) is 4.10. The molecule has 2 rings (SSSR count). The van der Waals surface area contributed by atoms with Gasteiger partial charge in [0.2, 0.25) is 5.91 Å². The standard InChI is InChI=1S/C17H22FN3O3/c1-11(2)8-9-17(3)15(23)21(16(24)20-17)10-14(22)19-13-6-4-12(18)5-7-13/h4-7,11H,8-10H2,1-3H3,(H,19,22)(H,20,24)/t17-/m0/s1. The van der Waals surface area contributed by atoms with Gasteiger partial charge in [0, 0.05) is 5.69 Å². The average molecular weight is 335 g/mol. The Kier molecular flexibility index (Phi) is 5.21. The lowest BCUT2D eigenvalue weighted by Crippen LogP contribution is -2.44. The van der Waals surface area contributed by atoms with E-state index in [-0.39, 0.29) is 6.54 Å². The summed E-state index contributed by atoms with van der Waals surface area (Å²) in [5.41, 5.74) is -0.576. The van der Waals surface area contributed by atoms with Gasteiger partial charge in [0.05, 0.1) is 0 Å². The molecule has 0 saturated carbocycles. The number of nitrogens with one attached hydrogen (secondary N) is 2. The Morgan fingerprint density at radius 1 is 1.29 bits per heavy atom. The summed E-state index contributed by atoms with van der Waals surface area (Å²) in [6.07, 6.45) is 1.31.